The van der Waals surface area contributed by atoms with Crippen LogP contribution in [0.2, 0.25) is 0 Å². The summed E-state index contributed by atoms with van der Waals surface area (Å²) >= 11 is 0. The van der Waals surface area contributed by atoms with Crippen LogP contribution >= 0.6 is 0 Å². The molecule has 2 aromatic rings. The van der Waals surface area contributed by atoms with Crippen LogP contribution in [-0.4, -0.2) is 23.1 Å². The summed E-state index contributed by atoms with van der Waals surface area (Å²) in [5.41, 5.74) is 2.23. The molecule has 0 atom stereocenters. The van der Waals surface area contributed by atoms with E-state index in [0.717, 1.165) is 0 Å². The highest BCUT2D eigenvalue weighted by atomic mass is 16.5. The first-order valence-electron chi connectivity index (χ1n) is 7.28. The molecule has 1 aromatic carbocycles. The topological polar surface area (TPSA) is 96.3 Å². The maximum atomic E-state index is 12.2. The minimum Gasteiger partial charge on any atom is -0.361 e. The number of hydrogen-bond donors (Lipinski definition) is 3. The number of carbonyl (C=O) groups excluding carboxylic acids is 2. The lowest BCUT2D eigenvalue weighted by atomic mass is 10.2. The number of urea groups is 1. The van der Waals surface area contributed by atoms with Gasteiger partial charge in [0.15, 0.2) is 0 Å². The van der Waals surface area contributed by atoms with E-state index in [-0.39, 0.29) is 18.0 Å². The van der Waals surface area contributed by atoms with Crippen LogP contribution in [0.4, 0.5) is 16.2 Å². The summed E-state index contributed by atoms with van der Waals surface area (Å²) in [6.07, 6.45) is 0. The van der Waals surface area contributed by atoms with E-state index < -0.39 is 0 Å². The van der Waals surface area contributed by atoms with Crippen LogP contribution in [0.3, 0.4) is 0 Å². The smallest absolute Gasteiger partial charge is 0.319 e. The van der Waals surface area contributed by atoms with Gasteiger partial charge in [-0.25, -0.2) is 4.79 Å². The number of carbonyl (C=O) groups is 2. The number of benzene rings is 1. The first-order valence-corrected chi connectivity index (χ1v) is 7.28. The predicted octanol–water partition coefficient (Wildman–Crippen LogP) is 3.07. The molecule has 122 valence electrons. The third-order valence-corrected chi connectivity index (χ3v) is 3.08. The highest BCUT2D eigenvalue weighted by molar-refractivity contribution is 6.05. The molecule has 0 spiro atoms. The number of aryl methyl sites for hydroxylation is 2. The van der Waals surface area contributed by atoms with Gasteiger partial charge in [-0.05, 0) is 52.0 Å². The minimum absolute atomic E-state index is 0.0589. The molecule has 0 aliphatic rings. The summed E-state index contributed by atoms with van der Waals surface area (Å²) in [5, 5.41) is 12.0. The lowest BCUT2D eigenvalue weighted by molar-refractivity contribution is 0.102. The standard InChI is InChI=1S/C16H20N4O3/c1-9(2)17-16(22)19-13-7-5-12(6-8-13)18-15(21)14-10(3)20-23-11(14)4/h5-9H,1-4H3,(H,18,21)(H2,17,19,22). The van der Waals surface area contributed by atoms with Crippen LogP contribution < -0.4 is 16.0 Å². The molecule has 0 saturated carbocycles. The van der Waals surface area contributed by atoms with Gasteiger partial charge in [0, 0.05) is 17.4 Å². The molecule has 0 fully saturated rings. The number of anilines is 2. The van der Waals surface area contributed by atoms with Gasteiger partial charge >= 0.3 is 6.03 Å². The van der Waals surface area contributed by atoms with E-state index in [4.69, 9.17) is 4.52 Å². The maximum absolute atomic E-state index is 12.2. The van der Waals surface area contributed by atoms with Gasteiger partial charge in [0.05, 0.1) is 5.69 Å². The number of hydrogen-bond acceptors (Lipinski definition) is 4. The highest BCUT2D eigenvalue weighted by Crippen LogP contribution is 2.17. The summed E-state index contributed by atoms with van der Waals surface area (Å²) < 4.78 is 4.98. The van der Waals surface area contributed by atoms with Crippen molar-refractivity contribution in [2.75, 3.05) is 10.6 Å². The van der Waals surface area contributed by atoms with Crippen LogP contribution in [0.25, 0.3) is 0 Å². The van der Waals surface area contributed by atoms with Crippen molar-refractivity contribution < 1.29 is 14.1 Å². The number of nitrogens with zero attached hydrogens (tertiary/aromatic N) is 1. The second kappa shape index (κ2) is 6.95. The van der Waals surface area contributed by atoms with E-state index in [1.54, 1.807) is 38.1 Å². The molecular weight excluding hydrogens is 296 g/mol. The number of amides is 3. The zero-order valence-electron chi connectivity index (χ0n) is 13.6. The van der Waals surface area contributed by atoms with E-state index >= 15 is 0 Å². The number of nitrogens with one attached hydrogen (secondary N) is 3. The van der Waals surface area contributed by atoms with Crippen molar-refractivity contribution in [3.8, 4) is 0 Å². The fraction of sp³-hybridized carbons (Fsp3) is 0.312. The first kappa shape index (κ1) is 16.5. The second-order valence-corrected chi connectivity index (χ2v) is 5.48. The van der Waals surface area contributed by atoms with Gasteiger partial charge in [0.2, 0.25) is 0 Å². The van der Waals surface area contributed by atoms with Crippen LogP contribution in [-0.2, 0) is 0 Å². The summed E-state index contributed by atoms with van der Waals surface area (Å²) in [7, 11) is 0. The van der Waals surface area contributed by atoms with Gasteiger partial charge in [-0.3, -0.25) is 4.79 Å². The normalized spacial score (nSPS) is 10.5. The molecule has 3 N–H and O–H groups in total. The molecule has 3 amide bonds. The van der Waals surface area contributed by atoms with Crippen molar-refractivity contribution in [1.82, 2.24) is 10.5 Å². The fourth-order valence-electron chi connectivity index (χ4n) is 2.07. The molecule has 0 unspecified atom stereocenters. The first-order chi connectivity index (χ1) is 10.9. The van der Waals surface area contributed by atoms with Gasteiger partial charge < -0.3 is 20.5 Å². The Hall–Kier alpha value is -2.83. The van der Waals surface area contributed by atoms with Gasteiger partial charge in [0.1, 0.15) is 11.3 Å². The average molecular weight is 316 g/mol. The summed E-state index contributed by atoms with van der Waals surface area (Å²) in [5.74, 6) is 0.197. The lowest BCUT2D eigenvalue weighted by Gasteiger charge is -2.11. The Kier molecular flexibility index (Phi) is 5.00. The molecule has 23 heavy (non-hydrogen) atoms. The molecule has 2 rings (SSSR count). The van der Waals surface area contributed by atoms with Crippen molar-refractivity contribution in [2.24, 2.45) is 0 Å². The molecular formula is C16H20N4O3. The van der Waals surface area contributed by atoms with Crippen molar-refractivity contribution in [2.45, 2.75) is 33.7 Å². The Bertz CT molecular complexity index is 685. The van der Waals surface area contributed by atoms with Crippen molar-refractivity contribution in [1.29, 1.82) is 0 Å². The molecule has 0 aliphatic carbocycles. The third-order valence-electron chi connectivity index (χ3n) is 3.08. The largest absolute Gasteiger partial charge is 0.361 e. The highest BCUT2D eigenvalue weighted by Gasteiger charge is 2.17. The van der Waals surface area contributed by atoms with Gasteiger partial charge in [-0.2, -0.15) is 0 Å². The Morgan fingerprint density at radius 1 is 1.04 bits per heavy atom. The second-order valence-electron chi connectivity index (χ2n) is 5.48. The molecule has 1 aromatic heterocycles. The average Bonchev–Trinajstić information content (AvgIpc) is 2.79. The Labute approximate surface area is 134 Å². The van der Waals surface area contributed by atoms with Crippen LogP contribution in [0.1, 0.15) is 35.7 Å². The molecule has 0 saturated heterocycles. The molecule has 7 nitrogen and oxygen atoms in total. The quantitative estimate of drug-likeness (QED) is 0.807. The number of rotatable bonds is 4. The summed E-state index contributed by atoms with van der Waals surface area (Å²) in [6, 6.07) is 6.63. The SMILES string of the molecule is Cc1noc(C)c1C(=O)Nc1ccc(NC(=O)NC(C)C)cc1. The molecule has 7 heteroatoms. The van der Waals surface area contributed by atoms with Gasteiger partial charge in [-0.1, -0.05) is 5.16 Å². The van der Waals surface area contributed by atoms with Crippen molar-refractivity contribution in [3.63, 3.8) is 0 Å². The Morgan fingerprint density at radius 3 is 2.09 bits per heavy atom. The van der Waals surface area contributed by atoms with E-state index in [9.17, 15) is 9.59 Å². The molecule has 0 aliphatic heterocycles. The van der Waals surface area contributed by atoms with Crippen molar-refractivity contribution in [3.05, 3.63) is 41.3 Å². The Balaban J connectivity index is 2.00. The summed E-state index contributed by atoms with van der Waals surface area (Å²) in [6.45, 7) is 7.17. The monoisotopic (exact) mass is 316 g/mol. The van der Waals surface area contributed by atoms with E-state index in [1.807, 2.05) is 13.8 Å². The van der Waals surface area contributed by atoms with Gasteiger partial charge in [-0.15, -0.1) is 0 Å². The maximum Gasteiger partial charge on any atom is 0.319 e. The predicted molar refractivity (Wildman–Crippen MR) is 87.7 cm³/mol. The molecule has 0 bridgehead atoms. The fourth-order valence-corrected chi connectivity index (χ4v) is 2.07. The van der Waals surface area contributed by atoms with Crippen LogP contribution in [0, 0.1) is 13.8 Å². The van der Waals surface area contributed by atoms with E-state index in [0.29, 0.717) is 28.4 Å². The van der Waals surface area contributed by atoms with Gasteiger partial charge in [0.25, 0.3) is 5.91 Å². The number of aromatic nitrogens is 1. The molecule has 0 radical (unpaired) electrons. The third kappa shape index (κ3) is 4.32. The van der Waals surface area contributed by atoms with Crippen molar-refractivity contribution >= 4 is 23.3 Å². The lowest BCUT2D eigenvalue weighted by Crippen LogP contribution is -2.34. The molecule has 1 heterocycles. The zero-order chi connectivity index (χ0) is 17.0. The summed E-state index contributed by atoms with van der Waals surface area (Å²) in [4.78, 5) is 23.8. The minimum atomic E-state index is -0.278. The van der Waals surface area contributed by atoms with Crippen LogP contribution in [0.15, 0.2) is 28.8 Å². The van der Waals surface area contributed by atoms with E-state index in [1.165, 1.54) is 0 Å². The Morgan fingerprint density at radius 2 is 1.61 bits per heavy atom. The van der Waals surface area contributed by atoms with Crippen LogP contribution in [0.5, 0.6) is 0 Å². The zero-order valence-corrected chi connectivity index (χ0v) is 13.6. The van der Waals surface area contributed by atoms with E-state index in [2.05, 4.69) is 21.1 Å².